The van der Waals surface area contributed by atoms with Gasteiger partial charge in [0.2, 0.25) is 0 Å². The summed E-state index contributed by atoms with van der Waals surface area (Å²) < 4.78 is 0. The molecule has 1 saturated carbocycles. The van der Waals surface area contributed by atoms with Crippen LogP contribution in [0.25, 0.3) is 10.9 Å². The number of carbonyl (C=O) groups excluding carboxylic acids is 1. The minimum Gasteiger partial charge on any atom is -0.393 e. The van der Waals surface area contributed by atoms with Crippen LogP contribution in [0.15, 0.2) is 53.5 Å². The van der Waals surface area contributed by atoms with Crippen molar-refractivity contribution in [3.05, 3.63) is 70.5 Å². The summed E-state index contributed by atoms with van der Waals surface area (Å²) >= 11 is 0. The number of nitrogens with one attached hydrogen (secondary N) is 2. The maximum Gasteiger partial charge on any atom is 0.346 e. The van der Waals surface area contributed by atoms with Crippen LogP contribution in [0.1, 0.15) is 35.1 Å². The van der Waals surface area contributed by atoms with E-state index < -0.39 is 11.6 Å². The van der Waals surface area contributed by atoms with E-state index in [9.17, 15) is 14.7 Å². The number of carbonyl (C=O) groups is 1. The summed E-state index contributed by atoms with van der Waals surface area (Å²) in [6.07, 6.45) is 2.53. The van der Waals surface area contributed by atoms with Gasteiger partial charge in [0.25, 0.3) is 5.91 Å². The van der Waals surface area contributed by atoms with Crippen molar-refractivity contribution in [3.63, 3.8) is 0 Å². The van der Waals surface area contributed by atoms with Crippen LogP contribution in [-0.2, 0) is 0 Å². The van der Waals surface area contributed by atoms with E-state index >= 15 is 0 Å². The molecule has 0 radical (unpaired) electrons. The molecule has 3 aromatic rings. The molecule has 0 unspecified atom stereocenters. The quantitative estimate of drug-likeness (QED) is 0.662. The highest BCUT2D eigenvalue weighted by molar-refractivity contribution is 6.04. The number of benzene rings is 1. The molecule has 1 amide bonds. The van der Waals surface area contributed by atoms with Gasteiger partial charge in [-0.2, -0.15) is 4.98 Å². The van der Waals surface area contributed by atoms with Crippen molar-refractivity contribution in [2.45, 2.75) is 25.0 Å². The number of fused-ring (bicyclic) bond motifs is 1. The van der Waals surface area contributed by atoms with Crippen LogP contribution in [0.4, 0.5) is 0 Å². The number of para-hydroxylation sites is 1. The third-order valence-electron chi connectivity index (χ3n) is 4.77. The fraction of sp³-hybridized carbons (Fsp3) is 0.263. The molecule has 7 nitrogen and oxygen atoms in total. The van der Waals surface area contributed by atoms with Gasteiger partial charge in [0, 0.05) is 11.6 Å². The summed E-state index contributed by atoms with van der Waals surface area (Å²) in [5, 5.41) is 13.2. The predicted molar refractivity (Wildman–Crippen MR) is 95.5 cm³/mol. The average molecular weight is 350 g/mol. The Morgan fingerprint density at radius 2 is 1.96 bits per heavy atom. The van der Waals surface area contributed by atoms with Crippen LogP contribution in [0.2, 0.25) is 0 Å². The summed E-state index contributed by atoms with van der Waals surface area (Å²) in [6.45, 7) is 0. The molecular weight excluding hydrogens is 332 g/mol. The van der Waals surface area contributed by atoms with Crippen molar-refractivity contribution < 1.29 is 9.90 Å². The van der Waals surface area contributed by atoms with Gasteiger partial charge in [-0.15, -0.1) is 0 Å². The van der Waals surface area contributed by atoms with Crippen molar-refractivity contribution >= 4 is 16.8 Å². The topological polar surface area (TPSA) is 108 Å². The van der Waals surface area contributed by atoms with E-state index in [2.05, 4.69) is 20.3 Å². The molecule has 0 spiro atoms. The van der Waals surface area contributed by atoms with E-state index in [1.807, 2.05) is 18.2 Å². The Morgan fingerprint density at radius 1 is 1.19 bits per heavy atom. The lowest BCUT2D eigenvalue weighted by atomic mass is 9.76. The first-order chi connectivity index (χ1) is 12.6. The second-order valence-electron chi connectivity index (χ2n) is 6.53. The molecule has 0 aliphatic heterocycles. The molecule has 132 valence electrons. The van der Waals surface area contributed by atoms with Gasteiger partial charge in [-0.05, 0) is 37.0 Å². The molecule has 26 heavy (non-hydrogen) atoms. The largest absolute Gasteiger partial charge is 0.393 e. The molecule has 3 N–H and O–H groups in total. The van der Waals surface area contributed by atoms with Crippen LogP contribution < -0.4 is 11.0 Å². The molecule has 2 aromatic heterocycles. The number of nitrogens with zero attached hydrogens (tertiary/aromatic N) is 2. The Morgan fingerprint density at radius 3 is 2.69 bits per heavy atom. The van der Waals surface area contributed by atoms with E-state index in [4.69, 9.17) is 0 Å². The van der Waals surface area contributed by atoms with Gasteiger partial charge in [-0.3, -0.25) is 9.78 Å². The van der Waals surface area contributed by atoms with E-state index in [1.54, 1.807) is 30.5 Å². The van der Waals surface area contributed by atoms with Crippen LogP contribution >= 0.6 is 0 Å². The second-order valence-corrected chi connectivity index (χ2v) is 6.53. The molecule has 0 saturated heterocycles. The Hall–Kier alpha value is -3.06. The Balaban J connectivity index is 1.68. The van der Waals surface area contributed by atoms with E-state index in [1.165, 1.54) is 0 Å². The number of pyridine rings is 1. The lowest BCUT2D eigenvalue weighted by Crippen LogP contribution is -2.42. The number of amides is 1. The zero-order valence-corrected chi connectivity index (χ0v) is 13.9. The lowest BCUT2D eigenvalue weighted by Gasteiger charge is -2.37. The summed E-state index contributed by atoms with van der Waals surface area (Å²) in [7, 11) is 0. The number of aromatic amines is 1. The summed E-state index contributed by atoms with van der Waals surface area (Å²) in [4.78, 5) is 35.6. The van der Waals surface area contributed by atoms with E-state index in [0.29, 0.717) is 23.7 Å². The smallest absolute Gasteiger partial charge is 0.346 e. The first-order valence-corrected chi connectivity index (χ1v) is 8.51. The number of hydrogen-bond donors (Lipinski definition) is 3. The summed E-state index contributed by atoms with van der Waals surface area (Å²) in [5.74, 6) is -0.332. The number of H-pyrrole nitrogens is 1. The SMILES string of the molecule is O=C(N[C@@H](c1ccccn1)C1CC(O)C1)c1nc(=O)[nH]c2ccccc12. The molecule has 0 bridgehead atoms. The normalized spacial score (nSPS) is 20.3. The molecule has 1 aliphatic carbocycles. The van der Waals surface area contributed by atoms with Gasteiger partial charge in [-0.25, -0.2) is 4.79 Å². The van der Waals surface area contributed by atoms with Crippen LogP contribution in [0, 0.1) is 5.92 Å². The molecular formula is C19H18N4O3. The number of rotatable bonds is 4. The molecule has 1 atom stereocenters. The van der Waals surface area contributed by atoms with Crippen LogP contribution in [0.5, 0.6) is 0 Å². The van der Waals surface area contributed by atoms with Crippen molar-refractivity contribution in [1.29, 1.82) is 0 Å². The Bertz CT molecular complexity index is 996. The van der Waals surface area contributed by atoms with Gasteiger partial charge in [0.05, 0.1) is 23.4 Å². The molecule has 2 heterocycles. The summed E-state index contributed by atoms with van der Waals surface area (Å²) in [5.41, 5.74) is 0.811. The maximum atomic E-state index is 12.9. The highest BCUT2D eigenvalue weighted by Gasteiger charge is 2.36. The first-order valence-electron chi connectivity index (χ1n) is 8.51. The number of aromatic nitrogens is 3. The zero-order valence-electron chi connectivity index (χ0n) is 13.9. The van der Waals surface area contributed by atoms with Crippen LogP contribution in [0.3, 0.4) is 0 Å². The molecule has 1 fully saturated rings. The lowest BCUT2D eigenvalue weighted by molar-refractivity contribution is 0.0228. The third kappa shape index (κ3) is 3.09. The highest BCUT2D eigenvalue weighted by Crippen LogP contribution is 2.37. The standard InChI is InChI=1S/C19H18N4O3/c24-12-9-11(10-12)16(15-7-3-4-8-20-15)22-18(25)17-13-5-1-2-6-14(13)21-19(26)23-17/h1-8,11-12,16,24H,9-10H2,(H,22,25)(H,21,23,26)/t11?,12?,16-/m1/s1. The van der Waals surface area contributed by atoms with E-state index in [0.717, 1.165) is 5.69 Å². The van der Waals surface area contributed by atoms with Crippen molar-refractivity contribution in [3.8, 4) is 0 Å². The Labute approximate surface area is 149 Å². The number of aliphatic hydroxyl groups excluding tert-OH is 1. The van der Waals surface area contributed by atoms with Gasteiger partial charge < -0.3 is 15.4 Å². The number of aliphatic hydroxyl groups is 1. The average Bonchev–Trinajstić information content (AvgIpc) is 2.63. The van der Waals surface area contributed by atoms with Crippen molar-refractivity contribution in [1.82, 2.24) is 20.3 Å². The number of hydrogen-bond acceptors (Lipinski definition) is 5. The zero-order chi connectivity index (χ0) is 18.1. The van der Waals surface area contributed by atoms with Gasteiger partial charge in [-0.1, -0.05) is 24.3 Å². The minimum absolute atomic E-state index is 0.0881. The highest BCUT2D eigenvalue weighted by atomic mass is 16.3. The maximum absolute atomic E-state index is 12.9. The first kappa shape index (κ1) is 16.4. The van der Waals surface area contributed by atoms with Gasteiger partial charge in [0.1, 0.15) is 5.69 Å². The van der Waals surface area contributed by atoms with E-state index in [-0.39, 0.29) is 23.8 Å². The van der Waals surface area contributed by atoms with Gasteiger partial charge >= 0.3 is 5.69 Å². The second kappa shape index (κ2) is 6.68. The van der Waals surface area contributed by atoms with Crippen LogP contribution in [-0.4, -0.2) is 32.1 Å². The van der Waals surface area contributed by atoms with Crippen molar-refractivity contribution in [2.24, 2.45) is 5.92 Å². The fourth-order valence-electron chi connectivity index (χ4n) is 3.38. The third-order valence-corrected chi connectivity index (χ3v) is 4.77. The predicted octanol–water partition coefficient (Wildman–Crippen LogP) is 1.56. The molecule has 4 rings (SSSR count). The molecule has 1 aliphatic rings. The summed E-state index contributed by atoms with van der Waals surface area (Å²) in [6, 6.07) is 12.2. The molecule has 1 aromatic carbocycles. The fourth-order valence-corrected chi connectivity index (χ4v) is 3.38. The van der Waals surface area contributed by atoms with Gasteiger partial charge in [0.15, 0.2) is 0 Å². The monoisotopic (exact) mass is 350 g/mol. The molecule has 7 heteroatoms. The minimum atomic E-state index is -0.567. The van der Waals surface area contributed by atoms with Crippen molar-refractivity contribution in [2.75, 3.05) is 0 Å². The Kier molecular flexibility index (Phi) is 4.22.